The number of rotatable bonds is 7. The normalized spacial score (nSPS) is 11.5. The molecule has 0 bridgehead atoms. The molecule has 0 aromatic heterocycles. The highest BCUT2D eigenvalue weighted by molar-refractivity contribution is 9.10. The first-order chi connectivity index (χ1) is 13.1. The number of nitrogens with zero attached hydrogens (tertiary/aromatic N) is 2. The maximum Gasteiger partial charge on any atom is 0.277 e. The largest absolute Gasteiger partial charge is 0.482 e. The minimum absolute atomic E-state index is 0.231. The number of benzene rings is 2. The molecule has 27 heavy (non-hydrogen) atoms. The van der Waals surface area contributed by atoms with Crippen LogP contribution in [-0.4, -0.2) is 18.2 Å². The number of nitrogens with one attached hydrogen (secondary N) is 1. The van der Waals surface area contributed by atoms with Gasteiger partial charge < -0.3 is 4.74 Å². The molecule has 6 heteroatoms. The number of hydrogen-bond donors (Lipinski definition) is 1. The zero-order valence-corrected chi connectivity index (χ0v) is 16.3. The summed E-state index contributed by atoms with van der Waals surface area (Å²) in [6.45, 7) is 1.54. The van der Waals surface area contributed by atoms with E-state index in [2.05, 4.69) is 26.5 Å². The van der Waals surface area contributed by atoms with Crippen LogP contribution in [0, 0.1) is 11.3 Å². The van der Waals surface area contributed by atoms with E-state index in [4.69, 9.17) is 10.00 Å². The Bertz CT molecular complexity index is 913. The van der Waals surface area contributed by atoms with Gasteiger partial charge in [0.15, 0.2) is 6.61 Å². The minimum Gasteiger partial charge on any atom is -0.482 e. The number of halogens is 1. The third kappa shape index (κ3) is 7.30. The number of carbonyl (C=O) groups excluding carboxylic acids is 1. The summed E-state index contributed by atoms with van der Waals surface area (Å²) < 4.78 is 6.14. The third-order valence-electron chi connectivity index (χ3n) is 3.31. The van der Waals surface area contributed by atoms with Gasteiger partial charge in [-0.25, -0.2) is 5.43 Å². The lowest BCUT2D eigenvalue weighted by Crippen LogP contribution is -2.25. The quantitative estimate of drug-likeness (QED) is 0.405. The van der Waals surface area contributed by atoms with Crippen LogP contribution in [0.25, 0.3) is 6.08 Å². The van der Waals surface area contributed by atoms with Gasteiger partial charge in [-0.2, -0.15) is 10.4 Å². The third-order valence-corrected chi connectivity index (χ3v) is 3.81. The topological polar surface area (TPSA) is 74.5 Å². The second kappa shape index (κ2) is 10.7. The monoisotopic (exact) mass is 423 g/mol. The molecule has 2 aromatic rings. The van der Waals surface area contributed by atoms with Crippen molar-refractivity contribution < 1.29 is 9.53 Å². The summed E-state index contributed by atoms with van der Waals surface area (Å²) in [6.07, 6.45) is 7.50. The van der Waals surface area contributed by atoms with E-state index < -0.39 is 5.91 Å². The van der Waals surface area contributed by atoms with Crippen molar-refractivity contribution in [1.82, 2.24) is 5.43 Å². The molecule has 2 aromatic carbocycles. The average Bonchev–Trinajstić information content (AvgIpc) is 2.69. The Morgan fingerprint density at radius 1 is 1.26 bits per heavy atom. The highest BCUT2D eigenvalue weighted by atomic mass is 79.9. The molecule has 0 radical (unpaired) electrons. The van der Waals surface area contributed by atoms with Crippen molar-refractivity contribution in [2.45, 2.75) is 6.92 Å². The highest BCUT2D eigenvalue weighted by Crippen LogP contribution is 2.22. The molecule has 0 heterocycles. The van der Waals surface area contributed by atoms with Gasteiger partial charge in [0, 0.05) is 4.47 Å². The molecule has 136 valence electrons. The molecule has 0 unspecified atom stereocenters. The Kier molecular flexibility index (Phi) is 8.01. The van der Waals surface area contributed by atoms with Gasteiger partial charge in [-0.15, -0.1) is 0 Å². The van der Waals surface area contributed by atoms with Crippen LogP contribution in [0.15, 0.2) is 76.3 Å². The summed E-state index contributed by atoms with van der Waals surface area (Å²) >= 11 is 3.28. The second-order valence-electron chi connectivity index (χ2n) is 5.46. The van der Waals surface area contributed by atoms with E-state index in [1.807, 2.05) is 54.6 Å². The maximum absolute atomic E-state index is 11.8. The van der Waals surface area contributed by atoms with E-state index in [1.165, 1.54) is 0 Å². The van der Waals surface area contributed by atoms with E-state index in [0.29, 0.717) is 17.0 Å². The molecule has 0 saturated heterocycles. The molecule has 0 aliphatic carbocycles. The van der Waals surface area contributed by atoms with E-state index in [0.717, 1.165) is 10.0 Å². The molecule has 0 saturated carbocycles. The molecule has 0 atom stereocenters. The molecular weight excluding hydrogens is 406 g/mol. The maximum atomic E-state index is 11.8. The molecule has 5 nitrogen and oxygen atoms in total. The van der Waals surface area contributed by atoms with E-state index in [9.17, 15) is 4.79 Å². The zero-order chi connectivity index (χ0) is 19.5. The molecule has 0 aliphatic rings. The van der Waals surface area contributed by atoms with Crippen LogP contribution in [0.5, 0.6) is 5.75 Å². The molecule has 0 spiro atoms. The number of carbonyl (C=O) groups is 1. The predicted molar refractivity (Wildman–Crippen MR) is 110 cm³/mol. The lowest BCUT2D eigenvalue weighted by Gasteiger charge is -2.07. The van der Waals surface area contributed by atoms with Crippen molar-refractivity contribution >= 4 is 33.6 Å². The van der Waals surface area contributed by atoms with Crippen LogP contribution in [0.2, 0.25) is 0 Å². The van der Waals surface area contributed by atoms with Gasteiger partial charge in [0.25, 0.3) is 5.91 Å². The SMILES string of the molecule is CC(/C=C/C=C/c1ccccc1)=N\NC(=O)COc1ccc(Br)cc1C#N. The fourth-order valence-corrected chi connectivity index (χ4v) is 2.37. The first kappa shape index (κ1) is 20.1. The fourth-order valence-electron chi connectivity index (χ4n) is 2.00. The first-order valence-electron chi connectivity index (χ1n) is 8.14. The van der Waals surface area contributed by atoms with Crippen LogP contribution in [0.4, 0.5) is 0 Å². The van der Waals surface area contributed by atoms with Gasteiger partial charge >= 0.3 is 0 Å². The van der Waals surface area contributed by atoms with Crippen molar-refractivity contribution in [2.75, 3.05) is 6.61 Å². The average molecular weight is 424 g/mol. The van der Waals surface area contributed by atoms with Crippen LogP contribution in [0.3, 0.4) is 0 Å². The lowest BCUT2D eigenvalue weighted by atomic mass is 10.2. The van der Waals surface area contributed by atoms with E-state index in [1.54, 1.807) is 31.2 Å². The number of hydrazone groups is 1. The molecular formula is C21H18BrN3O2. The Morgan fingerprint density at radius 3 is 2.78 bits per heavy atom. The number of allylic oxidation sites excluding steroid dienone is 3. The Morgan fingerprint density at radius 2 is 2.04 bits per heavy atom. The van der Waals surface area contributed by atoms with Gasteiger partial charge in [0.1, 0.15) is 11.8 Å². The molecule has 0 aliphatic heterocycles. The minimum atomic E-state index is -0.408. The molecule has 2 rings (SSSR count). The summed E-state index contributed by atoms with van der Waals surface area (Å²) in [5.41, 5.74) is 4.51. The summed E-state index contributed by atoms with van der Waals surface area (Å²) in [7, 11) is 0. The van der Waals surface area contributed by atoms with Crippen molar-refractivity contribution in [1.29, 1.82) is 5.26 Å². The number of amides is 1. The van der Waals surface area contributed by atoms with Gasteiger partial charge in [-0.1, -0.05) is 64.5 Å². The standard InChI is InChI=1S/C21H18BrN3O2/c1-16(7-5-6-10-17-8-3-2-4-9-17)24-25-21(26)15-27-20-12-11-19(22)13-18(20)14-23/h2-13H,15H2,1H3,(H,25,26)/b7-5+,10-6+,24-16+. The smallest absolute Gasteiger partial charge is 0.277 e. The van der Waals surface area contributed by atoms with Gasteiger partial charge in [-0.3, -0.25) is 4.79 Å². The fraction of sp³-hybridized carbons (Fsp3) is 0.0952. The Hall–Kier alpha value is -3.17. The van der Waals surface area contributed by atoms with Crippen molar-refractivity contribution in [3.8, 4) is 11.8 Å². The van der Waals surface area contributed by atoms with Gasteiger partial charge in [0.2, 0.25) is 0 Å². The van der Waals surface area contributed by atoms with E-state index in [-0.39, 0.29) is 6.61 Å². The summed E-state index contributed by atoms with van der Waals surface area (Å²) in [5.74, 6) is -0.0584. The number of nitriles is 1. The van der Waals surface area contributed by atoms with Crippen LogP contribution >= 0.6 is 15.9 Å². The molecule has 1 N–H and O–H groups in total. The van der Waals surface area contributed by atoms with Crippen molar-refractivity contribution in [3.05, 3.63) is 82.4 Å². The predicted octanol–water partition coefficient (Wildman–Crippen LogP) is 4.46. The van der Waals surface area contributed by atoms with Gasteiger partial charge in [0.05, 0.1) is 11.3 Å². The first-order valence-corrected chi connectivity index (χ1v) is 8.93. The summed E-state index contributed by atoms with van der Waals surface area (Å²) in [5, 5.41) is 13.1. The lowest BCUT2D eigenvalue weighted by molar-refractivity contribution is -0.123. The Balaban J connectivity index is 1.81. The van der Waals surface area contributed by atoms with Crippen molar-refractivity contribution in [2.24, 2.45) is 5.10 Å². The second-order valence-corrected chi connectivity index (χ2v) is 6.37. The highest BCUT2D eigenvalue weighted by Gasteiger charge is 2.07. The molecule has 1 amide bonds. The number of hydrogen-bond acceptors (Lipinski definition) is 4. The summed E-state index contributed by atoms with van der Waals surface area (Å²) in [4.78, 5) is 11.8. The van der Waals surface area contributed by atoms with E-state index >= 15 is 0 Å². The van der Waals surface area contributed by atoms with Crippen LogP contribution in [-0.2, 0) is 4.79 Å². The Labute approximate surface area is 166 Å². The number of ether oxygens (including phenoxy) is 1. The van der Waals surface area contributed by atoms with Crippen molar-refractivity contribution in [3.63, 3.8) is 0 Å². The van der Waals surface area contributed by atoms with Crippen LogP contribution < -0.4 is 10.2 Å². The summed E-state index contributed by atoms with van der Waals surface area (Å²) in [6, 6.07) is 17.0. The molecule has 0 fully saturated rings. The van der Waals surface area contributed by atoms with Crippen LogP contribution in [0.1, 0.15) is 18.1 Å². The van der Waals surface area contributed by atoms with Gasteiger partial charge in [-0.05, 0) is 36.8 Å². The zero-order valence-electron chi connectivity index (χ0n) is 14.7.